The van der Waals surface area contributed by atoms with Crippen molar-refractivity contribution in [2.75, 3.05) is 29.9 Å². The van der Waals surface area contributed by atoms with Crippen LogP contribution in [0.5, 0.6) is 0 Å². The van der Waals surface area contributed by atoms with E-state index in [1.807, 2.05) is 0 Å². The first-order valence-corrected chi connectivity index (χ1v) is 11.3. The van der Waals surface area contributed by atoms with Crippen LogP contribution >= 0.6 is 0 Å². The summed E-state index contributed by atoms with van der Waals surface area (Å²) in [5, 5.41) is 22.9. The molecule has 2 aromatic rings. The van der Waals surface area contributed by atoms with Gasteiger partial charge in [0.05, 0.1) is 11.7 Å². The van der Waals surface area contributed by atoms with Gasteiger partial charge in [-0.15, -0.1) is 0 Å². The van der Waals surface area contributed by atoms with E-state index in [-0.39, 0.29) is 17.7 Å². The van der Waals surface area contributed by atoms with Crippen molar-refractivity contribution >= 4 is 29.3 Å². The molecule has 33 heavy (non-hydrogen) atoms. The Hall–Kier alpha value is -3.51. The van der Waals surface area contributed by atoms with Gasteiger partial charge >= 0.3 is 0 Å². The van der Waals surface area contributed by atoms with Crippen molar-refractivity contribution in [1.82, 2.24) is 14.9 Å². The monoisotopic (exact) mass is 446 g/mol. The average Bonchev–Trinajstić information content (AvgIpc) is 3.52. The van der Waals surface area contributed by atoms with Crippen LogP contribution < -0.4 is 10.2 Å². The zero-order chi connectivity index (χ0) is 23.2. The summed E-state index contributed by atoms with van der Waals surface area (Å²) in [7, 11) is 0. The largest absolute Gasteiger partial charge is 0.388 e. The van der Waals surface area contributed by atoms with Crippen LogP contribution in [0.2, 0.25) is 0 Å². The molecule has 0 spiro atoms. The number of hydrogen-bond donors (Lipinski definition) is 2. The van der Waals surface area contributed by atoms with Crippen LogP contribution in [0.4, 0.5) is 17.5 Å². The van der Waals surface area contributed by atoms with Gasteiger partial charge in [0.15, 0.2) is 0 Å². The molecule has 1 aromatic heterocycles. The second-order valence-electron chi connectivity index (χ2n) is 9.48. The standard InChI is InChI=1S/C24H26N6O3/c1-23(33)9-12-29(15-23)20(31)16-2-6-18(7-3-16)27-22-26-11-8-19(28-22)30-13-10-24(14-25,21(30)32)17-4-5-17/h2-3,6-8,11,17,33H,4-5,9-10,12-13,15H2,1H3,(H,26,27,28)/t23?,24-/m1/s1. The van der Waals surface area contributed by atoms with Crippen LogP contribution in [0.15, 0.2) is 36.5 Å². The van der Waals surface area contributed by atoms with E-state index in [1.165, 1.54) is 0 Å². The number of nitrogens with zero attached hydrogens (tertiary/aromatic N) is 5. The minimum absolute atomic E-state index is 0.109. The molecule has 9 heteroatoms. The Balaban J connectivity index is 1.27. The minimum Gasteiger partial charge on any atom is -0.388 e. The molecule has 1 unspecified atom stereocenters. The van der Waals surface area contributed by atoms with Crippen LogP contribution in [0, 0.1) is 22.7 Å². The van der Waals surface area contributed by atoms with Gasteiger partial charge < -0.3 is 15.3 Å². The van der Waals surface area contributed by atoms with Crippen molar-refractivity contribution in [3.63, 3.8) is 0 Å². The van der Waals surface area contributed by atoms with E-state index < -0.39 is 11.0 Å². The quantitative estimate of drug-likeness (QED) is 0.723. The number of anilines is 3. The van der Waals surface area contributed by atoms with E-state index in [9.17, 15) is 20.0 Å². The molecule has 0 bridgehead atoms. The highest BCUT2D eigenvalue weighted by Crippen LogP contribution is 2.51. The number of rotatable bonds is 5. The lowest BCUT2D eigenvalue weighted by atomic mass is 9.83. The van der Waals surface area contributed by atoms with E-state index in [0.29, 0.717) is 55.5 Å². The highest BCUT2D eigenvalue weighted by molar-refractivity contribution is 6.01. The maximum atomic E-state index is 13.0. The molecule has 2 aliphatic heterocycles. The van der Waals surface area contributed by atoms with Crippen molar-refractivity contribution in [2.45, 2.75) is 38.2 Å². The summed E-state index contributed by atoms with van der Waals surface area (Å²) in [6.45, 7) is 3.08. The summed E-state index contributed by atoms with van der Waals surface area (Å²) in [5.41, 5.74) is -0.497. The molecule has 9 nitrogen and oxygen atoms in total. The number of carbonyl (C=O) groups is 2. The molecule has 170 valence electrons. The van der Waals surface area contributed by atoms with Gasteiger partial charge in [-0.2, -0.15) is 10.2 Å². The van der Waals surface area contributed by atoms with Crippen molar-refractivity contribution in [1.29, 1.82) is 5.26 Å². The number of aromatic nitrogens is 2. The van der Waals surface area contributed by atoms with Crippen LogP contribution in [0.1, 0.15) is 43.0 Å². The first kappa shape index (κ1) is 21.3. The molecular formula is C24H26N6O3. The van der Waals surface area contributed by atoms with Gasteiger partial charge in [-0.1, -0.05) is 0 Å². The zero-order valence-corrected chi connectivity index (χ0v) is 18.5. The molecular weight excluding hydrogens is 420 g/mol. The summed E-state index contributed by atoms with van der Waals surface area (Å²) in [4.78, 5) is 37.7. The number of β-amino-alcohol motifs (C(OH)–C–C–N with tert-alkyl or cyclic N) is 1. The summed E-state index contributed by atoms with van der Waals surface area (Å²) in [6.07, 6.45) is 4.54. The third-order valence-electron chi connectivity index (χ3n) is 6.87. The number of nitrogens with one attached hydrogen (secondary N) is 1. The van der Waals surface area contributed by atoms with Gasteiger partial charge in [-0.3, -0.25) is 14.5 Å². The third-order valence-corrected chi connectivity index (χ3v) is 6.87. The SMILES string of the molecule is CC1(O)CCN(C(=O)c2ccc(Nc3nccc(N4CC[C@@](C#N)(C5CC5)C4=O)n3)cc2)C1. The minimum atomic E-state index is -0.913. The number of benzene rings is 1. The Kier molecular flexibility index (Phi) is 5.05. The van der Waals surface area contributed by atoms with Gasteiger partial charge in [-0.05, 0) is 68.9 Å². The second-order valence-corrected chi connectivity index (χ2v) is 9.48. The van der Waals surface area contributed by atoms with Gasteiger partial charge in [0, 0.05) is 37.1 Å². The van der Waals surface area contributed by atoms with E-state index in [0.717, 1.165) is 12.8 Å². The Morgan fingerprint density at radius 2 is 1.97 bits per heavy atom. The van der Waals surface area contributed by atoms with Gasteiger partial charge in [0.2, 0.25) is 11.9 Å². The fourth-order valence-electron chi connectivity index (χ4n) is 4.79. The molecule has 1 aliphatic carbocycles. The fraction of sp³-hybridized carbons (Fsp3) is 0.458. The Morgan fingerprint density at radius 3 is 2.61 bits per heavy atom. The number of nitriles is 1. The predicted molar refractivity (Wildman–Crippen MR) is 121 cm³/mol. The summed E-state index contributed by atoms with van der Waals surface area (Å²) in [5.74, 6) is 0.689. The fourth-order valence-corrected chi connectivity index (χ4v) is 4.79. The molecule has 5 rings (SSSR count). The number of carbonyl (C=O) groups excluding carboxylic acids is 2. The highest BCUT2D eigenvalue weighted by Gasteiger charge is 2.57. The first-order valence-electron chi connectivity index (χ1n) is 11.3. The number of likely N-dealkylation sites (tertiary alicyclic amines) is 1. The molecule has 2 saturated heterocycles. The second kappa shape index (κ2) is 7.81. The number of aliphatic hydroxyl groups is 1. The average molecular weight is 447 g/mol. The Labute approximate surface area is 192 Å². The normalized spacial score (nSPS) is 27.0. The molecule has 1 saturated carbocycles. The van der Waals surface area contributed by atoms with E-state index >= 15 is 0 Å². The van der Waals surface area contributed by atoms with Gasteiger partial charge in [-0.25, -0.2) is 4.98 Å². The van der Waals surface area contributed by atoms with Crippen LogP contribution in [-0.2, 0) is 4.79 Å². The third kappa shape index (κ3) is 3.91. The summed E-state index contributed by atoms with van der Waals surface area (Å²) >= 11 is 0. The van der Waals surface area contributed by atoms with Crippen molar-refractivity contribution < 1.29 is 14.7 Å². The van der Waals surface area contributed by atoms with E-state index in [4.69, 9.17) is 0 Å². The Bertz CT molecular complexity index is 1140. The van der Waals surface area contributed by atoms with E-state index in [1.54, 1.807) is 53.3 Å². The predicted octanol–water partition coefficient (Wildman–Crippen LogP) is 2.47. The maximum absolute atomic E-state index is 13.0. The molecule has 3 fully saturated rings. The maximum Gasteiger partial charge on any atom is 0.253 e. The smallest absolute Gasteiger partial charge is 0.253 e. The molecule has 2 amide bonds. The number of amides is 2. The molecule has 2 N–H and O–H groups in total. The van der Waals surface area contributed by atoms with Gasteiger partial charge in [0.1, 0.15) is 11.2 Å². The molecule has 3 aliphatic rings. The summed E-state index contributed by atoms with van der Waals surface area (Å²) < 4.78 is 0. The molecule has 0 radical (unpaired) electrons. The zero-order valence-electron chi connectivity index (χ0n) is 18.5. The van der Waals surface area contributed by atoms with Crippen molar-refractivity contribution in [3.05, 3.63) is 42.1 Å². The lowest BCUT2D eigenvalue weighted by Gasteiger charge is -2.20. The number of hydrogen-bond acceptors (Lipinski definition) is 7. The van der Waals surface area contributed by atoms with Gasteiger partial charge in [0.25, 0.3) is 5.91 Å². The molecule has 1 aromatic carbocycles. The van der Waals surface area contributed by atoms with Crippen LogP contribution in [-0.4, -0.2) is 57.0 Å². The Morgan fingerprint density at radius 1 is 1.21 bits per heavy atom. The van der Waals surface area contributed by atoms with Crippen LogP contribution in [0.25, 0.3) is 0 Å². The first-order chi connectivity index (χ1) is 15.8. The highest BCUT2D eigenvalue weighted by atomic mass is 16.3. The van der Waals surface area contributed by atoms with Crippen molar-refractivity contribution in [2.24, 2.45) is 11.3 Å². The molecule has 3 heterocycles. The lowest BCUT2D eigenvalue weighted by Crippen LogP contribution is -2.35. The summed E-state index contributed by atoms with van der Waals surface area (Å²) in [6, 6.07) is 11.0. The molecule has 2 atom stereocenters. The van der Waals surface area contributed by atoms with E-state index in [2.05, 4.69) is 21.4 Å². The lowest BCUT2D eigenvalue weighted by molar-refractivity contribution is -0.123. The topological polar surface area (TPSA) is 122 Å². The van der Waals surface area contributed by atoms with Crippen LogP contribution in [0.3, 0.4) is 0 Å². The van der Waals surface area contributed by atoms with Crippen molar-refractivity contribution in [3.8, 4) is 6.07 Å².